The Morgan fingerprint density at radius 1 is 1.13 bits per heavy atom. The lowest BCUT2D eigenvalue weighted by atomic mass is 10.1. The zero-order chi connectivity index (χ0) is 16.2. The van der Waals surface area contributed by atoms with Gasteiger partial charge in [-0.2, -0.15) is 5.26 Å². The maximum Gasteiger partial charge on any atom is 0.125 e. The SMILES string of the molecule is Cc1nc(C#Cc2ccc(-c3cc(F)cc(C#N)c3)nc2)cs1. The second-order valence-electron chi connectivity index (χ2n) is 4.77. The molecule has 3 nitrogen and oxygen atoms in total. The maximum absolute atomic E-state index is 13.5. The number of aromatic nitrogens is 2. The second kappa shape index (κ2) is 6.39. The Morgan fingerprint density at radius 2 is 2.00 bits per heavy atom. The first kappa shape index (κ1) is 14.9. The second-order valence-corrected chi connectivity index (χ2v) is 5.84. The van der Waals surface area contributed by atoms with Crippen molar-refractivity contribution in [3.63, 3.8) is 0 Å². The highest BCUT2D eigenvalue weighted by molar-refractivity contribution is 7.09. The lowest BCUT2D eigenvalue weighted by Gasteiger charge is -2.02. The Bertz CT molecular complexity index is 956. The van der Waals surface area contributed by atoms with E-state index in [-0.39, 0.29) is 5.56 Å². The van der Waals surface area contributed by atoms with E-state index in [0.29, 0.717) is 11.3 Å². The summed E-state index contributed by atoms with van der Waals surface area (Å²) in [6.45, 7) is 1.93. The van der Waals surface area contributed by atoms with Crippen LogP contribution in [0.1, 0.15) is 21.8 Å². The average molecular weight is 319 g/mol. The molecule has 3 rings (SSSR count). The summed E-state index contributed by atoms with van der Waals surface area (Å²) in [5.74, 6) is 5.51. The lowest BCUT2D eigenvalue weighted by Crippen LogP contribution is -1.88. The molecule has 0 aliphatic heterocycles. The molecule has 0 saturated heterocycles. The van der Waals surface area contributed by atoms with Crippen molar-refractivity contribution >= 4 is 11.3 Å². The van der Waals surface area contributed by atoms with Gasteiger partial charge in [0.2, 0.25) is 0 Å². The van der Waals surface area contributed by atoms with Crippen LogP contribution >= 0.6 is 11.3 Å². The van der Waals surface area contributed by atoms with E-state index < -0.39 is 5.82 Å². The van der Waals surface area contributed by atoms with Gasteiger partial charge in [0, 0.05) is 22.7 Å². The van der Waals surface area contributed by atoms with Crippen LogP contribution < -0.4 is 0 Å². The average Bonchev–Trinajstić information content (AvgIpc) is 2.98. The number of benzene rings is 1. The van der Waals surface area contributed by atoms with Crippen LogP contribution in [-0.2, 0) is 0 Å². The minimum absolute atomic E-state index is 0.268. The highest BCUT2D eigenvalue weighted by atomic mass is 32.1. The van der Waals surface area contributed by atoms with Gasteiger partial charge < -0.3 is 0 Å². The normalized spacial score (nSPS) is 9.78. The molecule has 3 aromatic rings. The molecule has 2 heterocycles. The van der Waals surface area contributed by atoms with E-state index in [9.17, 15) is 4.39 Å². The Kier molecular flexibility index (Phi) is 4.14. The van der Waals surface area contributed by atoms with Crippen molar-refractivity contribution in [2.45, 2.75) is 6.92 Å². The minimum Gasteiger partial charge on any atom is -0.255 e. The van der Waals surface area contributed by atoms with Crippen LogP contribution in [-0.4, -0.2) is 9.97 Å². The van der Waals surface area contributed by atoms with Gasteiger partial charge in [0.15, 0.2) is 0 Å². The van der Waals surface area contributed by atoms with Gasteiger partial charge in [-0.05, 0) is 43.2 Å². The highest BCUT2D eigenvalue weighted by Crippen LogP contribution is 2.20. The predicted octanol–water partition coefficient (Wildman–Crippen LogP) is 3.92. The monoisotopic (exact) mass is 319 g/mol. The van der Waals surface area contributed by atoms with Crippen LogP contribution in [0.3, 0.4) is 0 Å². The van der Waals surface area contributed by atoms with E-state index >= 15 is 0 Å². The van der Waals surface area contributed by atoms with Gasteiger partial charge in [-0.15, -0.1) is 11.3 Å². The molecule has 110 valence electrons. The van der Waals surface area contributed by atoms with Crippen molar-refractivity contribution in [3.8, 4) is 29.2 Å². The summed E-state index contributed by atoms with van der Waals surface area (Å²) in [5, 5.41) is 11.8. The van der Waals surface area contributed by atoms with Gasteiger partial charge in [-0.3, -0.25) is 4.98 Å². The molecule has 0 fully saturated rings. The third-order valence-electron chi connectivity index (χ3n) is 3.04. The quantitative estimate of drug-likeness (QED) is 0.639. The van der Waals surface area contributed by atoms with E-state index in [1.54, 1.807) is 29.7 Å². The molecule has 0 saturated carbocycles. The van der Waals surface area contributed by atoms with E-state index in [0.717, 1.165) is 16.3 Å². The smallest absolute Gasteiger partial charge is 0.125 e. The van der Waals surface area contributed by atoms with Gasteiger partial charge in [-0.25, -0.2) is 9.37 Å². The number of nitriles is 1. The van der Waals surface area contributed by atoms with E-state index in [1.807, 2.05) is 24.4 Å². The van der Waals surface area contributed by atoms with Crippen molar-refractivity contribution < 1.29 is 4.39 Å². The van der Waals surface area contributed by atoms with E-state index in [1.165, 1.54) is 12.1 Å². The molecule has 23 heavy (non-hydrogen) atoms. The molecule has 0 amide bonds. The topological polar surface area (TPSA) is 49.6 Å². The molecule has 1 aromatic carbocycles. The molecule has 5 heteroatoms. The largest absolute Gasteiger partial charge is 0.255 e. The van der Waals surface area contributed by atoms with Gasteiger partial charge in [-0.1, -0.05) is 5.92 Å². The number of pyridine rings is 1. The van der Waals surface area contributed by atoms with Crippen LogP contribution in [0.5, 0.6) is 0 Å². The molecule has 0 bridgehead atoms. The van der Waals surface area contributed by atoms with Crippen LogP contribution in [0.4, 0.5) is 4.39 Å². The van der Waals surface area contributed by atoms with Crippen molar-refractivity contribution in [2.75, 3.05) is 0 Å². The maximum atomic E-state index is 13.5. The van der Waals surface area contributed by atoms with E-state index in [4.69, 9.17) is 5.26 Å². The zero-order valence-corrected chi connectivity index (χ0v) is 13.0. The minimum atomic E-state index is -0.455. The summed E-state index contributed by atoms with van der Waals surface area (Å²) >= 11 is 1.55. The highest BCUT2D eigenvalue weighted by Gasteiger charge is 2.04. The first-order valence-electron chi connectivity index (χ1n) is 6.75. The number of halogens is 1. The lowest BCUT2D eigenvalue weighted by molar-refractivity contribution is 0.628. The van der Waals surface area contributed by atoms with E-state index in [2.05, 4.69) is 21.8 Å². The van der Waals surface area contributed by atoms with Crippen LogP contribution in [0.2, 0.25) is 0 Å². The fraction of sp³-hybridized carbons (Fsp3) is 0.0556. The Hall–Kier alpha value is -3.02. The number of hydrogen-bond donors (Lipinski definition) is 0. The Labute approximate surface area is 137 Å². The molecular formula is C18H10FN3S. The van der Waals surface area contributed by atoms with Gasteiger partial charge >= 0.3 is 0 Å². The molecule has 0 radical (unpaired) electrons. The zero-order valence-electron chi connectivity index (χ0n) is 12.2. The molecule has 0 aliphatic rings. The number of hydrogen-bond acceptors (Lipinski definition) is 4. The summed E-state index contributed by atoms with van der Waals surface area (Å²) in [7, 11) is 0. The Morgan fingerprint density at radius 3 is 2.65 bits per heavy atom. The van der Waals surface area contributed by atoms with Gasteiger partial charge in [0.05, 0.1) is 22.3 Å². The summed E-state index contributed by atoms with van der Waals surface area (Å²) < 4.78 is 13.5. The van der Waals surface area contributed by atoms with Crippen molar-refractivity contribution in [3.05, 3.63) is 69.6 Å². The number of aryl methyl sites for hydroxylation is 1. The Balaban J connectivity index is 1.87. The molecule has 0 N–H and O–H groups in total. The number of rotatable bonds is 1. The first-order chi connectivity index (χ1) is 11.1. The van der Waals surface area contributed by atoms with Crippen molar-refractivity contribution in [1.29, 1.82) is 5.26 Å². The van der Waals surface area contributed by atoms with Gasteiger partial charge in [0.1, 0.15) is 11.5 Å². The van der Waals surface area contributed by atoms with Crippen LogP contribution in [0.25, 0.3) is 11.3 Å². The van der Waals surface area contributed by atoms with Crippen molar-refractivity contribution in [1.82, 2.24) is 9.97 Å². The molecule has 0 atom stereocenters. The molecule has 2 aromatic heterocycles. The third-order valence-corrected chi connectivity index (χ3v) is 3.81. The van der Waals surface area contributed by atoms with Crippen LogP contribution in [0.15, 0.2) is 41.9 Å². The summed E-state index contributed by atoms with van der Waals surface area (Å²) in [6.07, 6.45) is 1.62. The molecule has 0 spiro atoms. The fourth-order valence-electron chi connectivity index (χ4n) is 2.00. The number of nitrogens with zero attached hydrogens (tertiary/aromatic N) is 3. The number of thiazole rings is 1. The summed E-state index contributed by atoms with van der Waals surface area (Å²) in [6, 6.07) is 9.65. The van der Waals surface area contributed by atoms with Gasteiger partial charge in [0.25, 0.3) is 0 Å². The summed E-state index contributed by atoms with van der Waals surface area (Å²) in [4.78, 5) is 8.56. The molecular weight excluding hydrogens is 309 g/mol. The van der Waals surface area contributed by atoms with Crippen LogP contribution in [0, 0.1) is 35.9 Å². The molecule has 0 aliphatic carbocycles. The summed E-state index contributed by atoms with van der Waals surface area (Å²) in [5.41, 5.74) is 2.91. The standard InChI is InChI=1S/C18H10FN3S/c1-12-22-17(11-23-12)4-2-13-3-5-18(21-10-13)15-6-14(9-20)7-16(19)8-15/h3,5-8,10-11H,1H3. The molecule has 0 unspecified atom stereocenters. The predicted molar refractivity (Wildman–Crippen MR) is 87.2 cm³/mol. The first-order valence-corrected chi connectivity index (χ1v) is 7.63. The fourth-order valence-corrected chi connectivity index (χ4v) is 2.54. The van der Waals surface area contributed by atoms with Crippen molar-refractivity contribution in [2.24, 2.45) is 0 Å². The third kappa shape index (κ3) is 3.60.